The Labute approximate surface area is 187 Å². The largest absolute Gasteiger partial charge is 0.308 e. The molecule has 8 nitrogen and oxygen atoms in total. The number of rotatable bonds is 8. The number of hydrogen-bond acceptors (Lipinski definition) is 6. The van der Waals surface area contributed by atoms with Crippen molar-refractivity contribution in [1.82, 2.24) is 10.6 Å². The van der Waals surface area contributed by atoms with Gasteiger partial charge in [0.05, 0.1) is 9.85 Å². The van der Waals surface area contributed by atoms with E-state index in [0.717, 1.165) is 25.7 Å². The maximum atomic E-state index is 11.2. The highest BCUT2D eigenvalue weighted by Crippen LogP contribution is 2.23. The summed E-state index contributed by atoms with van der Waals surface area (Å²) in [5.41, 5.74) is 1.57. The molecule has 0 spiro atoms. The molecule has 10 heteroatoms. The Kier molecular flexibility index (Phi) is 10.7. The summed E-state index contributed by atoms with van der Waals surface area (Å²) < 4.78 is 0. The van der Waals surface area contributed by atoms with Crippen LogP contribution in [0.2, 0.25) is 0 Å². The summed E-state index contributed by atoms with van der Waals surface area (Å²) in [6, 6.07) is 13.8. The average molecular weight is 457 g/mol. The lowest BCUT2D eigenvalue weighted by Crippen LogP contribution is -2.49. The van der Waals surface area contributed by atoms with Crippen molar-refractivity contribution in [2.24, 2.45) is 0 Å². The highest BCUT2D eigenvalue weighted by Gasteiger charge is 2.26. The fourth-order valence-electron chi connectivity index (χ4n) is 3.78. The van der Waals surface area contributed by atoms with Crippen molar-refractivity contribution in [2.75, 3.05) is 0 Å². The van der Waals surface area contributed by atoms with E-state index in [2.05, 4.69) is 10.6 Å². The number of nitro groups is 2. The van der Waals surface area contributed by atoms with E-state index in [0.29, 0.717) is 24.2 Å². The van der Waals surface area contributed by atoms with Gasteiger partial charge in [0.2, 0.25) is 0 Å². The quantitative estimate of drug-likeness (QED) is 0.445. The zero-order valence-electron chi connectivity index (χ0n) is 16.4. The Morgan fingerprint density at radius 2 is 1.10 bits per heavy atom. The molecule has 0 aliphatic heterocycles. The van der Waals surface area contributed by atoms with Crippen LogP contribution in [0.4, 0.5) is 11.4 Å². The Bertz CT molecular complexity index is 784. The summed E-state index contributed by atoms with van der Waals surface area (Å²) in [5.74, 6) is 0. The standard InChI is InChI=1S/C20H24N4O4.2ClH/c25-23(26)19-11-5-1-7-15(19)13-21-17-9-3-4-10-18(17)22-14-16-8-2-6-12-20(16)24(27)28;;/h1-2,5-8,11-12,17-18,21-22H,3-4,9-10,13-14H2;2*1H. The molecular weight excluding hydrogens is 431 g/mol. The van der Waals surface area contributed by atoms with Crippen LogP contribution in [-0.4, -0.2) is 21.9 Å². The molecule has 2 atom stereocenters. The van der Waals surface area contributed by atoms with Crippen molar-refractivity contribution in [3.8, 4) is 0 Å². The molecule has 3 rings (SSSR count). The minimum absolute atomic E-state index is 0. The van der Waals surface area contributed by atoms with Crippen LogP contribution in [0.25, 0.3) is 0 Å². The van der Waals surface area contributed by atoms with E-state index in [4.69, 9.17) is 0 Å². The second-order valence-corrected chi connectivity index (χ2v) is 7.03. The lowest BCUT2D eigenvalue weighted by atomic mass is 9.90. The van der Waals surface area contributed by atoms with Crippen molar-refractivity contribution < 1.29 is 9.85 Å². The van der Waals surface area contributed by atoms with Gasteiger partial charge in [0.25, 0.3) is 11.4 Å². The molecule has 30 heavy (non-hydrogen) atoms. The first-order chi connectivity index (χ1) is 13.6. The topological polar surface area (TPSA) is 110 Å². The minimum atomic E-state index is -0.359. The first-order valence-corrected chi connectivity index (χ1v) is 9.47. The van der Waals surface area contributed by atoms with Crippen LogP contribution in [-0.2, 0) is 13.1 Å². The zero-order chi connectivity index (χ0) is 19.9. The Balaban J connectivity index is 0.00000225. The van der Waals surface area contributed by atoms with Crippen LogP contribution >= 0.6 is 24.8 Å². The van der Waals surface area contributed by atoms with Crippen LogP contribution in [0.1, 0.15) is 36.8 Å². The lowest BCUT2D eigenvalue weighted by molar-refractivity contribution is -0.385. The lowest BCUT2D eigenvalue weighted by Gasteiger charge is -2.33. The van der Waals surface area contributed by atoms with Gasteiger partial charge < -0.3 is 10.6 Å². The van der Waals surface area contributed by atoms with Gasteiger partial charge in [-0.05, 0) is 12.8 Å². The van der Waals surface area contributed by atoms with Gasteiger partial charge in [-0.3, -0.25) is 20.2 Å². The fourth-order valence-corrected chi connectivity index (χ4v) is 3.78. The molecule has 1 fully saturated rings. The summed E-state index contributed by atoms with van der Waals surface area (Å²) in [5, 5.41) is 29.3. The van der Waals surface area contributed by atoms with Gasteiger partial charge in [0.15, 0.2) is 0 Å². The van der Waals surface area contributed by atoms with E-state index in [1.54, 1.807) is 36.4 Å². The van der Waals surface area contributed by atoms with Crippen LogP contribution < -0.4 is 10.6 Å². The monoisotopic (exact) mass is 456 g/mol. The Hall–Kier alpha value is -2.26. The van der Waals surface area contributed by atoms with E-state index >= 15 is 0 Å². The Morgan fingerprint density at radius 3 is 1.47 bits per heavy atom. The van der Waals surface area contributed by atoms with Gasteiger partial charge in [-0.1, -0.05) is 49.2 Å². The summed E-state index contributed by atoms with van der Waals surface area (Å²) in [4.78, 5) is 21.7. The third-order valence-electron chi connectivity index (χ3n) is 5.25. The number of para-hydroxylation sites is 2. The number of nitro benzene ring substituents is 2. The smallest absolute Gasteiger partial charge is 0.273 e. The van der Waals surface area contributed by atoms with Crippen molar-refractivity contribution in [2.45, 2.75) is 50.9 Å². The third-order valence-corrected chi connectivity index (χ3v) is 5.25. The SMILES string of the molecule is Cl.Cl.O=[N+]([O-])c1ccccc1CNC1CCCCC1NCc1ccccc1[N+](=O)[O-]. The van der Waals surface area contributed by atoms with Gasteiger partial charge in [-0.15, -0.1) is 24.8 Å². The van der Waals surface area contributed by atoms with E-state index < -0.39 is 0 Å². The van der Waals surface area contributed by atoms with Gasteiger partial charge in [0, 0.05) is 48.4 Å². The van der Waals surface area contributed by atoms with Crippen LogP contribution in [0, 0.1) is 20.2 Å². The van der Waals surface area contributed by atoms with Crippen molar-refractivity contribution >= 4 is 36.2 Å². The number of halogens is 2. The van der Waals surface area contributed by atoms with E-state index in [-0.39, 0.29) is 58.1 Å². The van der Waals surface area contributed by atoms with Crippen LogP contribution in [0.3, 0.4) is 0 Å². The molecule has 1 aliphatic rings. The predicted molar refractivity (Wildman–Crippen MR) is 120 cm³/mol. The first-order valence-electron chi connectivity index (χ1n) is 9.47. The van der Waals surface area contributed by atoms with Crippen molar-refractivity contribution in [1.29, 1.82) is 0 Å². The zero-order valence-corrected chi connectivity index (χ0v) is 18.0. The molecule has 0 bridgehead atoms. The maximum Gasteiger partial charge on any atom is 0.273 e. The highest BCUT2D eigenvalue weighted by atomic mass is 35.5. The maximum absolute atomic E-state index is 11.2. The third kappa shape index (κ3) is 6.63. The highest BCUT2D eigenvalue weighted by molar-refractivity contribution is 5.85. The van der Waals surface area contributed by atoms with Crippen molar-refractivity contribution in [3.63, 3.8) is 0 Å². The summed E-state index contributed by atoms with van der Waals surface area (Å²) >= 11 is 0. The van der Waals surface area contributed by atoms with Crippen molar-refractivity contribution in [3.05, 3.63) is 79.9 Å². The van der Waals surface area contributed by atoms with Gasteiger partial charge >= 0.3 is 0 Å². The molecule has 1 aliphatic carbocycles. The van der Waals surface area contributed by atoms with Crippen LogP contribution in [0.15, 0.2) is 48.5 Å². The number of nitrogens with zero attached hydrogens (tertiary/aromatic N) is 2. The van der Waals surface area contributed by atoms with Gasteiger partial charge in [-0.2, -0.15) is 0 Å². The second kappa shape index (κ2) is 12.4. The molecular formula is C20H26Cl2N4O4. The molecule has 2 aromatic rings. The fraction of sp³-hybridized carbons (Fsp3) is 0.400. The van der Waals surface area contributed by atoms with E-state index in [1.807, 2.05) is 0 Å². The number of hydrogen-bond donors (Lipinski definition) is 2. The molecule has 0 radical (unpaired) electrons. The summed E-state index contributed by atoms with van der Waals surface area (Å²) in [6.07, 6.45) is 4.13. The molecule has 0 saturated heterocycles. The summed E-state index contributed by atoms with van der Waals surface area (Å²) in [6.45, 7) is 0.844. The predicted octanol–water partition coefficient (Wildman–Crippen LogP) is 4.54. The molecule has 0 heterocycles. The molecule has 0 amide bonds. The molecule has 2 aromatic carbocycles. The molecule has 1 saturated carbocycles. The second-order valence-electron chi connectivity index (χ2n) is 7.03. The molecule has 0 aromatic heterocycles. The van der Waals surface area contributed by atoms with E-state index in [9.17, 15) is 20.2 Å². The number of nitrogens with one attached hydrogen (secondary N) is 2. The first kappa shape index (κ1) is 25.8. The molecule has 2 unspecified atom stereocenters. The summed E-state index contributed by atoms with van der Waals surface area (Å²) in [7, 11) is 0. The van der Waals surface area contributed by atoms with E-state index in [1.165, 1.54) is 12.1 Å². The minimum Gasteiger partial charge on any atom is -0.308 e. The van der Waals surface area contributed by atoms with Gasteiger partial charge in [-0.25, -0.2) is 0 Å². The normalized spacial score (nSPS) is 18.0. The average Bonchev–Trinajstić information content (AvgIpc) is 2.71. The number of benzene rings is 2. The van der Waals surface area contributed by atoms with Crippen LogP contribution in [0.5, 0.6) is 0 Å². The Morgan fingerprint density at radius 1 is 0.733 bits per heavy atom. The molecule has 164 valence electrons. The van der Waals surface area contributed by atoms with Gasteiger partial charge in [0.1, 0.15) is 0 Å². The molecule has 2 N–H and O–H groups in total.